The average Bonchev–Trinajstić information content (AvgIpc) is 3.38. The molecule has 2 aromatic carbocycles. The highest BCUT2D eigenvalue weighted by Gasteiger charge is 2.41. The number of likely N-dealkylation sites (tertiary alicyclic amines) is 1. The summed E-state index contributed by atoms with van der Waals surface area (Å²) < 4.78 is 73.4. The molecule has 47 heavy (non-hydrogen) atoms. The molecule has 2 saturated heterocycles. The number of benzene rings is 2. The van der Waals surface area contributed by atoms with E-state index in [9.17, 15) is 32.7 Å². The molecular weight excluding hydrogens is 653 g/mol. The highest BCUT2D eigenvalue weighted by atomic mass is 35.5. The van der Waals surface area contributed by atoms with Crippen molar-refractivity contribution in [2.45, 2.75) is 64.1 Å². The molecule has 0 aliphatic carbocycles. The summed E-state index contributed by atoms with van der Waals surface area (Å²) in [6.07, 6.45) is -7.02. The van der Waals surface area contributed by atoms with Crippen molar-refractivity contribution in [2.75, 3.05) is 49.5 Å². The van der Waals surface area contributed by atoms with Crippen LogP contribution in [0.1, 0.15) is 49.5 Å². The van der Waals surface area contributed by atoms with E-state index in [2.05, 4.69) is 10.6 Å². The van der Waals surface area contributed by atoms with Crippen molar-refractivity contribution in [2.24, 2.45) is 0 Å². The number of β-amino-alcohol motifs (C(OH)–C–C–N with tert-alkyl or cyclic N) is 1. The van der Waals surface area contributed by atoms with Gasteiger partial charge in [-0.15, -0.1) is 0 Å². The normalized spacial score (nSPS) is 19.1. The van der Waals surface area contributed by atoms with Gasteiger partial charge in [-0.05, 0) is 45.0 Å². The van der Waals surface area contributed by atoms with Crippen LogP contribution in [0.25, 0.3) is 0 Å². The van der Waals surface area contributed by atoms with Crippen molar-refractivity contribution in [1.82, 2.24) is 15.1 Å². The first-order valence-corrected chi connectivity index (χ1v) is 15.4. The Morgan fingerprint density at radius 2 is 1.70 bits per heavy atom. The molecule has 0 radical (unpaired) electrons. The van der Waals surface area contributed by atoms with Crippen molar-refractivity contribution in [3.63, 3.8) is 0 Å². The number of hydrogen-bond acceptors (Lipinski definition) is 7. The minimum atomic E-state index is -4.26. The third kappa shape index (κ3) is 9.67. The Morgan fingerprint density at radius 1 is 1.02 bits per heavy atom. The van der Waals surface area contributed by atoms with Crippen molar-refractivity contribution in [3.8, 4) is 0 Å². The number of hydrogen-bond donors (Lipinski definition) is 3. The summed E-state index contributed by atoms with van der Waals surface area (Å²) in [7, 11) is 0. The van der Waals surface area contributed by atoms with E-state index in [4.69, 9.17) is 16.3 Å². The molecule has 3 N–H and O–H groups in total. The fraction of sp³-hybridized carbons (Fsp3) is 0.516. The molecule has 4 rings (SSSR count). The van der Waals surface area contributed by atoms with Crippen molar-refractivity contribution in [3.05, 3.63) is 58.1 Å². The van der Waals surface area contributed by atoms with Crippen LogP contribution in [0.2, 0.25) is 5.02 Å². The third-order valence-corrected chi connectivity index (χ3v) is 7.94. The van der Waals surface area contributed by atoms with Gasteiger partial charge in [0.25, 0.3) is 5.91 Å². The molecule has 0 spiro atoms. The number of anilines is 2. The molecular formula is C31H37ClF5N5O5. The van der Waals surface area contributed by atoms with Crippen LogP contribution in [0.15, 0.2) is 30.3 Å². The maximum atomic E-state index is 15.2. The predicted molar refractivity (Wildman–Crippen MR) is 164 cm³/mol. The highest BCUT2D eigenvalue weighted by molar-refractivity contribution is 6.31. The molecule has 0 aromatic heterocycles. The van der Waals surface area contributed by atoms with Crippen molar-refractivity contribution >= 4 is 40.9 Å². The molecule has 2 aliphatic heterocycles. The van der Waals surface area contributed by atoms with E-state index in [1.54, 1.807) is 31.7 Å². The van der Waals surface area contributed by atoms with E-state index in [1.807, 2.05) is 4.90 Å². The van der Waals surface area contributed by atoms with E-state index in [-0.39, 0.29) is 30.8 Å². The fourth-order valence-corrected chi connectivity index (χ4v) is 5.51. The molecule has 16 heteroatoms. The number of aliphatic hydroxyl groups is 1. The fourth-order valence-electron chi connectivity index (χ4n) is 5.35. The van der Waals surface area contributed by atoms with Gasteiger partial charge < -0.3 is 25.4 Å². The van der Waals surface area contributed by atoms with Crippen LogP contribution in [0.3, 0.4) is 0 Å². The summed E-state index contributed by atoms with van der Waals surface area (Å²) in [6.45, 7) is 5.60. The molecule has 0 bridgehead atoms. The van der Waals surface area contributed by atoms with Gasteiger partial charge in [0.05, 0.1) is 36.0 Å². The minimum Gasteiger partial charge on any atom is -0.444 e. The lowest BCUT2D eigenvalue weighted by Crippen LogP contribution is -2.47. The van der Waals surface area contributed by atoms with Gasteiger partial charge in [0.2, 0.25) is 5.91 Å². The largest absolute Gasteiger partial charge is 0.444 e. The Hall–Kier alpha value is -3.69. The lowest BCUT2D eigenvalue weighted by molar-refractivity contribution is -0.138. The lowest BCUT2D eigenvalue weighted by Gasteiger charge is -2.37. The number of amides is 3. The Balaban J connectivity index is 1.40. The zero-order valence-corrected chi connectivity index (χ0v) is 26.9. The quantitative estimate of drug-likeness (QED) is 0.337. The van der Waals surface area contributed by atoms with Gasteiger partial charge >= 0.3 is 12.3 Å². The van der Waals surface area contributed by atoms with Crippen LogP contribution in [-0.4, -0.2) is 96.0 Å². The van der Waals surface area contributed by atoms with E-state index >= 15 is 8.78 Å². The van der Waals surface area contributed by atoms with Crippen LogP contribution in [0.4, 0.5) is 38.1 Å². The summed E-state index contributed by atoms with van der Waals surface area (Å²) in [6, 6.07) is 5.68. The summed E-state index contributed by atoms with van der Waals surface area (Å²) in [5.74, 6) is -4.47. The molecule has 2 atom stereocenters. The van der Waals surface area contributed by atoms with Gasteiger partial charge in [-0.2, -0.15) is 13.2 Å². The topological polar surface area (TPSA) is 114 Å². The van der Waals surface area contributed by atoms with E-state index in [0.29, 0.717) is 36.9 Å². The second-order valence-electron chi connectivity index (χ2n) is 12.5. The number of ether oxygens (including phenoxy) is 1. The smallest absolute Gasteiger partial charge is 0.411 e. The zero-order chi connectivity index (χ0) is 34.7. The average molecular weight is 690 g/mol. The van der Waals surface area contributed by atoms with Crippen LogP contribution in [0, 0.1) is 11.6 Å². The first kappa shape index (κ1) is 36.2. The molecule has 1 unspecified atom stereocenters. The maximum Gasteiger partial charge on any atom is 0.411 e. The first-order chi connectivity index (χ1) is 21.9. The van der Waals surface area contributed by atoms with Gasteiger partial charge in [-0.3, -0.25) is 19.4 Å². The summed E-state index contributed by atoms with van der Waals surface area (Å²) in [5, 5.41) is 15.4. The van der Waals surface area contributed by atoms with Gasteiger partial charge in [-0.25, -0.2) is 13.6 Å². The maximum absolute atomic E-state index is 15.2. The number of piperazine rings is 1. The summed E-state index contributed by atoms with van der Waals surface area (Å²) in [5.41, 5.74) is -0.991. The second-order valence-corrected chi connectivity index (χ2v) is 12.9. The highest BCUT2D eigenvalue weighted by Crippen LogP contribution is 2.32. The number of nitrogens with zero attached hydrogens (tertiary/aromatic N) is 3. The Kier molecular flexibility index (Phi) is 11.2. The number of carbonyl (C=O) groups is 3. The molecule has 2 fully saturated rings. The number of rotatable bonds is 8. The monoisotopic (exact) mass is 689 g/mol. The number of carbonyl (C=O) groups excluding carboxylic acids is 3. The van der Waals surface area contributed by atoms with Crippen LogP contribution in [-0.2, 0) is 16.1 Å². The first-order valence-electron chi connectivity index (χ1n) is 15.0. The van der Waals surface area contributed by atoms with Gasteiger partial charge in [0.1, 0.15) is 11.6 Å². The zero-order valence-electron chi connectivity index (χ0n) is 26.1. The van der Waals surface area contributed by atoms with E-state index in [1.165, 1.54) is 12.1 Å². The van der Waals surface area contributed by atoms with E-state index < -0.39 is 72.0 Å². The molecule has 258 valence electrons. The number of halogens is 6. The molecule has 2 aromatic rings. The van der Waals surface area contributed by atoms with Crippen LogP contribution in [0.5, 0.6) is 0 Å². The molecule has 2 aliphatic rings. The molecule has 0 saturated carbocycles. The molecule has 10 nitrogen and oxygen atoms in total. The second kappa shape index (κ2) is 14.6. The Bertz CT molecular complexity index is 1480. The SMILES string of the molecule is CC(C)(C)OC(=O)N1CC(O)C[C@H]1C(=O)NCc1ccc(C(=O)Nc2ccc(Cl)cc2N2CCN(CCC(F)(F)F)CC2)c(F)c1F. The predicted octanol–water partition coefficient (Wildman–Crippen LogP) is 4.93. The Morgan fingerprint density at radius 3 is 2.34 bits per heavy atom. The van der Waals surface area contributed by atoms with Crippen LogP contribution < -0.4 is 15.5 Å². The van der Waals surface area contributed by atoms with Crippen molar-refractivity contribution < 1.29 is 46.2 Å². The summed E-state index contributed by atoms with van der Waals surface area (Å²) >= 11 is 6.18. The van der Waals surface area contributed by atoms with Crippen LogP contribution >= 0.6 is 11.6 Å². The van der Waals surface area contributed by atoms with Gasteiger partial charge in [0.15, 0.2) is 11.6 Å². The number of nitrogens with one attached hydrogen (secondary N) is 2. The van der Waals surface area contributed by atoms with Gasteiger partial charge in [-0.1, -0.05) is 17.7 Å². The summed E-state index contributed by atoms with van der Waals surface area (Å²) in [4.78, 5) is 43.1. The number of aliphatic hydroxyl groups excluding tert-OH is 1. The minimum absolute atomic E-state index is 0.0680. The number of alkyl halides is 3. The Labute approximate surface area is 273 Å². The standard InChI is InChI=1S/C31H37ClF5N5O5/c1-30(2,3)47-29(46)42-17-20(43)15-24(42)28(45)38-16-18-4-6-21(26(34)25(18)33)27(44)39-22-7-5-19(32)14-23(22)41-12-10-40(11-13-41)9-8-31(35,36)37/h4-7,14,20,24,43H,8-13,15-17H2,1-3H3,(H,38,45)(H,39,44)/t20?,24-/m0/s1. The third-order valence-electron chi connectivity index (χ3n) is 7.70. The van der Waals surface area contributed by atoms with E-state index in [0.717, 1.165) is 17.0 Å². The lowest BCUT2D eigenvalue weighted by atomic mass is 10.1. The molecule has 3 amide bonds. The van der Waals surface area contributed by atoms with Gasteiger partial charge in [0, 0.05) is 56.3 Å². The molecule has 2 heterocycles. The van der Waals surface area contributed by atoms with Crippen molar-refractivity contribution in [1.29, 1.82) is 0 Å².